The van der Waals surface area contributed by atoms with Crippen LogP contribution in [0.2, 0.25) is 0 Å². The van der Waals surface area contributed by atoms with Crippen molar-refractivity contribution in [3.05, 3.63) is 52.1 Å². The molecule has 0 aromatic heterocycles. The van der Waals surface area contributed by atoms with Crippen LogP contribution in [0.1, 0.15) is 23.7 Å². The zero-order valence-electron chi connectivity index (χ0n) is 14.8. The molecule has 0 saturated heterocycles. The van der Waals surface area contributed by atoms with E-state index in [0.717, 1.165) is 6.42 Å². The van der Waals surface area contributed by atoms with E-state index in [1.54, 1.807) is 12.1 Å². The lowest BCUT2D eigenvalue weighted by Crippen LogP contribution is -2.13. The van der Waals surface area contributed by atoms with E-state index in [0.29, 0.717) is 23.9 Å². The molecule has 0 bridgehead atoms. The van der Waals surface area contributed by atoms with Crippen LogP contribution in [0, 0.1) is 10.1 Å². The Labute approximate surface area is 150 Å². The number of benzene rings is 2. The number of carbonyl (C=O) groups excluding carboxylic acids is 1. The van der Waals surface area contributed by atoms with E-state index in [-0.39, 0.29) is 16.9 Å². The van der Waals surface area contributed by atoms with Gasteiger partial charge in [-0.1, -0.05) is 6.92 Å². The number of ether oxygens (including phenoxy) is 3. The van der Waals surface area contributed by atoms with Gasteiger partial charge in [-0.05, 0) is 30.7 Å². The third-order valence-electron chi connectivity index (χ3n) is 3.50. The molecule has 1 N–H and O–H groups in total. The average Bonchev–Trinajstić information content (AvgIpc) is 2.66. The third-order valence-corrected chi connectivity index (χ3v) is 3.50. The fourth-order valence-electron chi connectivity index (χ4n) is 2.21. The lowest BCUT2D eigenvalue weighted by atomic mass is 10.1. The summed E-state index contributed by atoms with van der Waals surface area (Å²) in [6.45, 7) is 2.39. The molecule has 0 atom stereocenters. The maximum absolute atomic E-state index is 12.5. The number of carbonyl (C=O) groups is 1. The van der Waals surface area contributed by atoms with Crippen LogP contribution in [0.5, 0.6) is 17.2 Å². The van der Waals surface area contributed by atoms with Crippen molar-refractivity contribution in [1.29, 1.82) is 0 Å². The molecule has 0 saturated carbocycles. The van der Waals surface area contributed by atoms with E-state index in [2.05, 4.69) is 5.32 Å². The van der Waals surface area contributed by atoms with Crippen LogP contribution in [-0.2, 0) is 0 Å². The first-order valence-corrected chi connectivity index (χ1v) is 7.94. The van der Waals surface area contributed by atoms with Crippen molar-refractivity contribution < 1.29 is 23.9 Å². The zero-order valence-corrected chi connectivity index (χ0v) is 14.8. The molecule has 0 spiro atoms. The van der Waals surface area contributed by atoms with Crippen LogP contribution in [0.15, 0.2) is 36.4 Å². The molecule has 0 aliphatic rings. The largest absolute Gasteiger partial charge is 0.497 e. The molecule has 0 unspecified atom stereocenters. The van der Waals surface area contributed by atoms with Gasteiger partial charge >= 0.3 is 0 Å². The van der Waals surface area contributed by atoms with E-state index in [4.69, 9.17) is 14.2 Å². The number of rotatable bonds is 8. The number of nitro groups is 1. The first kappa shape index (κ1) is 19.0. The summed E-state index contributed by atoms with van der Waals surface area (Å²) in [5.74, 6) is 0.728. The highest BCUT2D eigenvalue weighted by molar-refractivity contribution is 6.06. The topological polar surface area (TPSA) is 99.9 Å². The van der Waals surface area contributed by atoms with E-state index < -0.39 is 10.8 Å². The molecule has 0 heterocycles. The van der Waals surface area contributed by atoms with Gasteiger partial charge in [0, 0.05) is 11.6 Å². The Morgan fingerprint density at radius 1 is 1.08 bits per heavy atom. The van der Waals surface area contributed by atoms with Crippen molar-refractivity contribution in [2.24, 2.45) is 0 Å². The number of hydrogen-bond acceptors (Lipinski definition) is 6. The number of nitro benzene ring substituents is 1. The third kappa shape index (κ3) is 4.62. The summed E-state index contributed by atoms with van der Waals surface area (Å²) in [5, 5.41) is 13.9. The minimum Gasteiger partial charge on any atom is -0.497 e. The fraction of sp³-hybridized carbons (Fsp3) is 0.278. The maximum atomic E-state index is 12.5. The SMILES string of the molecule is CCCOc1ccc(NC(=O)c2cc(OC)cc(OC)c2)c([N+](=O)[O-])c1. The van der Waals surface area contributed by atoms with Gasteiger partial charge in [0.25, 0.3) is 11.6 Å². The predicted molar refractivity (Wildman–Crippen MR) is 96.4 cm³/mol. The van der Waals surface area contributed by atoms with Gasteiger partial charge in [0.2, 0.25) is 0 Å². The van der Waals surface area contributed by atoms with Crippen LogP contribution in [0.4, 0.5) is 11.4 Å². The maximum Gasteiger partial charge on any atom is 0.296 e. The van der Waals surface area contributed by atoms with Crippen LogP contribution in [0.3, 0.4) is 0 Å². The highest BCUT2D eigenvalue weighted by Gasteiger charge is 2.19. The Hall–Kier alpha value is -3.29. The van der Waals surface area contributed by atoms with Gasteiger partial charge in [-0.15, -0.1) is 0 Å². The number of hydrogen-bond donors (Lipinski definition) is 1. The zero-order chi connectivity index (χ0) is 19.1. The van der Waals surface area contributed by atoms with Crippen molar-refractivity contribution in [3.8, 4) is 17.2 Å². The van der Waals surface area contributed by atoms with Crippen LogP contribution in [0.25, 0.3) is 0 Å². The molecule has 0 fully saturated rings. The Morgan fingerprint density at radius 2 is 1.73 bits per heavy atom. The van der Waals surface area contributed by atoms with E-state index in [1.165, 1.54) is 38.5 Å². The summed E-state index contributed by atoms with van der Waals surface area (Å²) in [6, 6.07) is 8.96. The molecule has 0 aliphatic heterocycles. The first-order chi connectivity index (χ1) is 12.5. The van der Waals surface area contributed by atoms with Gasteiger partial charge in [0.15, 0.2) is 0 Å². The second kappa shape index (κ2) is 8.70. The second-order valence-corrected chi connectivity index (χ2v) is 5.34. The summed E-state index contributed by atoms with van der Waals surface area (Å²) in [7, 11) is 2.94. The van der Waals surface area contributed by atoms with Gasteiger partial charge in [-0.3, -0.25) is 14.9 Å². The van der Waals surface area contributed by atoms with E-state index in [1.807, 2.05) is 6.92 Å². The number of anilines is 1. The number of methoxy groups -OCH3 is 2. The van der Waals surface area contributed by atoms with Gasteiger partial charge in [0.1, 0.15) is 22.9 Å². The van der Waals surface area contributed by atoms with E-state index in [9.17, 15) is 14.9 Å². The summed E-state index contributed by atoms with van der Waals surface area (Å²) in [6.07, 6.45) is 0.782. The molecular formula is C18H20N2O6. The van der Waals surface area contributed by atoms with Gasteiger partial charge in [0.05, 0.1) is 31.8 Å². The van der Waals surface area contributed by atoms with Crippen LogP contribution in [-0.4, -0.2) is 31.7 Å². The molecule has 8 nitrogen and oxygen atoms in total. The summed E-state index contributed by atoms with van der Waals surface area (Å²) in [5.41, 5.74) is 0.0780. The van der Waals surface area contributed by atoms with E-state index >= 15 is 0 Å². The molecule has 26 heavy (non-hydrogen) atoms. The van der Waals surface area contributed by atoms with Crippen molar-refractivity contribution >= 4 is 17.3 Å². The van der Waals surface area contributed by atoms with Gasteiger partial charge in [-0.2, -0.15) is 0 Å². The molecular weight excluding hydrogens is 340 g/mol. The van der Waals surface area contributed by atoms with Crippen molar-refractivity contribution in [2.45, 2.75) is 13.3 Å². The lowest BCUT2D eigenvalue weighted by Gasteiger charge is -2.10. The lowest BCUT2D eigenvalue weighted by molar-refractivity contribution is -0.384. The normalized spacial score (nSPS) is 10.1. The van der Waals surface area contributed by atoms with Crippen LogP contribution >= 0.6 is 0 Å². The molecule has 0 aliphatic carbocycles. The standard InChI is InChI=1S/C18H20N2O6/c1-4-7-26-13-5-6-16(17(11-13)20(22)23)19-18(21)12-8-14(24-2)10-15(9-12)25-3/h5-6,8-11H,4,7H2,1-3H3,(H,19,21). The molecule has 8 heteroatoms. The fourth-order valence-corrected chi connectivity index (χ4v) is 2.21. The highest BCUT2D eigenvalue weighted by Crippen LogP contribution is 2.30. The molecule has 2 rings (SSSR count). The van der Waals surface area contributed by atoms with Crippen molar-refractivity contribution in [2.75, 3.05) is 26.1 Å². The van der Waals surface area contributed by atoms with Gasteiger partial charge < -0.3 is 19.5 Å². The Balaban J connectivity index is 2.29. The summed E-state index contributed by atoms with van der Waals surface area (Å²) < 4.78 is 15.7. The second-order valence-electron chi connectivity index (χ2n) is 5.34. The van der Waals surface area contributed by atoms with Crippen molar-refractivity contribution in [1.82, 2.24) is 0 Å². The number of amides is 1. The summed E-state index contributed by atoms with van der Waals surface area (Å²) >= 11 is 0. The molecule has 1 amide bonds. The predicted octanol–water partition coefficient (Wildman–Crippen LogP) is 3.65. The Morgan fingerprint density at radius 3 is 2.27 bits per heavy atom. The number of nitrogens with one attached hydrogen (secondary N) is 1. The molecule has 0 radical (unpaired) electrons. The van der Waals surface area contributed by atoms with Crippen LogP contribution < -0.4 is 19.5 Å². The molecule has 2 aromatic rings. The monoisotopic (exact) mass is 360 g/mol. The quantitative estimate of drug-likeness (QED) is 0.570. The Kier molecular flexibility index (Phi) is 6.37. The molecule has 138 valence electrons. The Bertz CT molecular complexity index is 784. The minimum absolute atomic E-state index is 0.0747. The summed E-state index contributed by atoms with van der Waals surface area (Å²) in [4.78, 5) is 23.3. The highest BCUT2D eigenvalue weighted by atomic mass is 16.6. The molecule has 2 aromatic carbocycles. The average molecular weight is 360 g/mol. The minimum atomic E-state index is -0.569. The van der Waals surface area contributed by atoms with Gasteiger partial charge in [-0.25, -0.2) is 0 Å². The first-order valence-electron chi connectivity index (χ1n) is 7.94. The smallest absolute Gasteiger partial charge is 0.296 e. The number of nitrogens with zero attached hydrogens (tertiary/aromatic N) is 1. The van der Waals surface area contributed by atoms with Crippen molar-refractivity contribution in [3.63, 3.8) is 0 Å².